The fourth-order valence-electron chi connectivity index (χ4n) is 2.52. The summed E-state index contributed by atoms with van der Waals surface area (Å²) in [5, 5.41) is 11.2. The van der Waals surface area contributed by atoms with Gasteiger partial charge in [-0.05, 0) is 30.7 Å². The Hall–Kier alpha value is -2.13. The van der Waals surface area contributed by atoms with E-state index in [1.54, 1.807) is 18.2 Å². The minimum atomic E-state index is -3.72. The first-order valence-corrected chi connectivity index (χ1v) is 10.3. The quantitative estimate of drug-likeness (QED) is 0.503. The molecular weight excluding hydrogens is 411 g/mol. The molecule has 0 aliphatic heterocycles. The highest BCUT2D eigenvalue weighted by molar-refractivity contribution is 7.89. The Bertz CT molecular complexity index is 1130. The van der Waals surface area contributed by atoms with Crippen molar-refractivity contribution >= 4 is 49.8 Å². The van der Waals surface area contributed by atoms with Crippen LogP contribution in [0, 0.1) is 0 Å². The van der Waals surface area contributed by atoms with Crippen LogP contribution in [0.4, 0.5) is 5.82 Å². The first-order valence-electron chi connectivity index (χ1n) is 8.04. The molecule has 1 aromatic heterocycles. The summed E-state index contributed by atoms with van der Waals surface area (Å²) < 4.78 is 27.1. The van der Waals surface area contributed by atoms with E-state index in [9.17, 15) is 13.2 Å². The maximum atomic E-state index is 12.3. The lowest BCUT2D eigenvalue weighted by atomic mass is 10.2. The lowest BCUT2D eigenvalue weighted by Crippen LogP contribution is -2.26. The van der Waals surface area contributed by atoms with Crippen molar-refractivity contribution in [3.8, 4) is 0 Å². The fourth-order valence-corrected chi connectivity index (χ4v) is 4.37. The number of sulfonamides is 1. The molecule has 1 heterocycles. The summed E-state index contributed by atoms with van der Waals surface area (Å²) in [4.78, 5) is 11.7. The van der Waals surface area contributed by atoms with Crippen LogP contribution in [-0.4, -0.2) is 31.7 Å². The van der Waals surface area contributed by atoms with Crippen LogP contribution >= 0.6 is 23.2 Å². The summed E-state index contributed by atoms with van der Waals surface area (Å²) in [7, 11) is -3.72. The molecule has 7 nitrogen and oxygen atoms in total. The van der Waals surface area contributed by atoms with Crippen molar-refractivity contribution < 1.29 is 8.42 Å². The second-order valence-electron chi connectivity index (χ2n) is 5.70. The summed E-state index contributed by atoms with van der Waals surface area (Å²) >= 11 is 11.7. The van der Waals surface area contributed by atoms with Gasteiger partial charge in [0.15, 0.2) is 5.82 Å². The highest BCUT2D eigenvalue weighted by Crippen LogP contribution is 2.24. The van der Waals surface area contributed by atoms with Gasteiger partial charge < -0.3 is 5.32 Å². The first kappa shape index (κ1) is 19.6. The van der Waals surface area contributed by atoms with Gasteiger partial charge in [-0.15, -0.1) is 0 Å². The van der Waals surface area contributed by atoms with E-state index in [2.05, 4.69) is 20.2 Å². The van der Waals surface area contributed by atoms with Crippen molar-refractivity contribution in [1.29, 1.82) is 0 Å². The Morgan fingerprint density at radius 3 is 2.52 bits per heavy atom. The minimum Gasteiger partial charge on any atom is -0.368 e. The molecule has 10 heteroatoms. The van der Waals surface area contributed by atoms with Crippen LogP contribution in [0.25, 0.3) is 10.8 Å². The number of hydrogen-bond acceptors (Lipinski definition) is 5. The van der Waals surface area contributed by atoms with Gasteiger partial charge >= 0.3 is 0 Å². The molecule has 142 valence electrons. The zero-order chi connectivity index (χ0) is 19.4. The molecule has 0 fully saturated rings. The number of benzene rings is 2. The van der Waals surface area contributed by atoms with Crippen LogP contribution in [0.15, 0.2) is 52.2 Å². The van der Waals surface area contributed by atoms with Crippen LogP contribution in [0.1, 0.15) is 6.42 Å². The second kappa shape index (κ2) is 8.26. The molecule has 3 rings (SSSR count). The van der Waals surface area contributed by atoms with Crippen LogP contribution in [0.2, 0.25) is 10.0 Å². The van der Waals surface area contributed by atoms with Gasteiger partial charge in [-0.25, -0.2) is 18.2 Å². The molecule has 0 aliphatic rings. The minimum absolute atomic E-state index is 0.0187. The van der Waals surface area contributed by atoms with Crippen molar-refractivity contribution in [2.75, 3.05) is 18.4 Å². The predicted molar refractivity (Wildman–Crippen MR) is 107 cm³/mol. The highest BCUT2D eigenvalue weighted by Gasteiger charge is 2.17. The van der Waals surface area contributed by atoms with Crippen molar-refractivity contribution in [1.82, 2.24) is 14.9 Å². The maximum Gasteiger partial charge on any atom is 0.272 e. The zero-order valence-electron chi connectivity index (χ0n) is 14.0. The van der Waals surface area contributed by atoms with Gasteiger partial charge in [0.25, 0.3) is 5.56 Å². The molecule has 0 bridgehead atoms. The number of aromatic amines is 1. The van der Waals surface area contributed by atoms with Gasteiger partial charge in [-0.3, -0.25) is 4.79 Å². The highest BCUT2D eigenvalue weighted by atomic mass is 35.5. The standard InChI is InChI=1S/C17H16Cl2N4O3S/c18-11-6-7-15(14(19)10-11)27(25,26)21-9-3-8-20-16-12-4-1-2-5-13(12)17(24)23-22-16/h1-2,4-7,10,21H,3,8-9H2,(H,20,22)(H,23,24). The Morgan fingerprint density at radius 2 is 1.78 bits per heavy atom. The number of aromatic nitrogens is 2. The van der Waals surface area contributed by atoms with Gasteiger partial charge in [0.2, 0.25) is 10.0 Å². The summed E-state index contributed by atoms with van der Waals surface area (Å²) in [5.41, 5.74) is -0.260. The van der Waals surface area contributed by atoms with E-state index >= 15 is 0 Å². The zero-order valence-corrected chi connectivity index (χ0v) is 16.3. The van der Waals surface area contributed by atoms with Crippen molar-refractivity contribution in [2.45, 2.75) is 11.3 Å². The monoisotopic (exact) mass is 426 g/mol. The first-order chi connectivity index (χ1) is 12.9. The normalized spacial score (nSPS) is 11.6. The van der Waals surface area contributed by atoms with Crippen LogP contribution < -0.4 is 15.6 Å². The van der Waals surface area contributed by atoms with Gasteiger partial charge in [0.05, 0.1) is 10.4 Å². The Balaban J connectivity index is 1.58. The molecule has 0 saturated carbocycles. The summed E-state index contributed by atoms with van der Waals surface area (Å²) in [6, 6.07) is 11.3. The van der Waals surface area contributed by atoms with E-state index < -0.39 is 10.0 Å². The van der Waals surface area contributed by atoms with E-state index in [1.165, 1.54) is 18.2 Å². The van der Waals surface area contributed by atoms with E-state index in [-0.39, 0.29) is 22.0 Å². The summed E-state index contributed by atoms with van der Waals surface area (Å²) in [6.45, 7) is 0.662. The summed E-state index contributed by atoms with van der Waals surface area (Å²) in [5.74, 6) is 0.536. The van der Waals surface area contributed by atoms with Gasteiger partial charge in [-0.2, -0.15) is 5.10 Å². The Morgan fingerprint density at radius 1 is 1.04 bits per heavy atom. The molecule has 0 radical (unpaired) electrons. The SMILES string of the molecule is O=c1[nH]nc(NCCCNS(=O)(=O)c2ccc(Cl)cc2Cl)c2ccccc12. The van der Waals surface area contributed by atoms with E-state index in [0.717, 1.165) is 0 Å². The lowest BCUT2D eigenvalue weighted by molar-refractivity contribution is 0.580. The maximum absolute atomic E-state index is 12.3. The van der Waals surface area contributed by atoms with Gasteiger partial charge in [0.1, 0.15) is 4.90 Å². The smallest absolute Gasteiger partial charge is 0.272 e. The molecule has 0 amide bonds. The van der Waals surface area contributed by atoms with E-state index in [0.29, 0.717) is 34.6 Å². The predicted octanol–water partition coefficient (Wildman–Crippen LogP) is 3.01. The molecule has 0 aliphatic carbocycles. The van der Waals surface area contributed by atoms with Crippen LogP contribution in [-0.2, 0) is 10.0 Å². The molecule has 0 unspecified atom stereocenters. The third-order valence-corrected chi connectivity index (χ3v) is 6.00. The van der Waals surface area contributed by atoms with Crippen LogP contribution in [0.5, 0.6) is 0 Å². The Kier molecular flexibility index (Phi) is 6.01. The van der Waals surface area contributed by atoms with Crippen molar-refractivity contribution in [3.63, 3.8) is 0 Å². The van der Waals surface area contributed by atoms with Crippen molar-refractivity contribution in [3.05, 3.63) is 62.9 Å². The summed E-state index contributed by atoms with van der Waals surface area (Å²) in [6.07, 6.45) is 0.500. The average Bonchev–Trinajstić information content (AvgIpc) is 2.63. The van der Waals surface area contributed by atoms with Gasteiger partial charge in [-0.1, -0.05) is 41.4 Å². The molecule has 3 N–H and O–H groups in total. The number of halogens is 2. The Labute approximate surface area is 165 Å². The molecule has 0 atom stereocenters. The molecule has 0 spiro atoms. The fraction of sp³-hybridized carbons (Fsp3) is 0.176. The third kappa shape index (κ3) is 4.59. The average molecular weight is 427 g/mol. The van der Waals surface area contributed by atoms with E-state index in [1.807, 2.05) is 6.07 Å². The molecule has 27 heavy (non-hydrogen) atoms. The topological polar surface area (TPSA) is 104 Å². The number of fused-ring (bicyclic) bond motifs is 1. The number of nitrogens with one attached hydrogen (secondary N) is 3. The molecular formula is C17H16Cl2N4O3S. The number of hydrogen-bond donors (Lipinski definition) is 3. The van der Waals surface area contributed by atoms with Crippen LogP contribution in [0.3, 0.4) is 0 Å². The van der Waals surface area contributed by atoms with Gasteiger partial charge in [0, 0.05) is 23.5 Å². The molecule has 2 aromatic carbocycles. The van der Waals surface area contributed by atoms with Crippen molar-refractivity contribution in [2.24, 2.45) is 0 Å². The largest absolute Gasteiger partial charge is 0.368 e. The second-order valence-corrected chi connectivity index (χ2v) is 8.28. The number of anilines is 1. The number of H-pyrrole nitrogens is 1. The van der Waals surface area contributed by atoms with E-state index in [4.69, 9.17) is 23.2 Å². The number of nitrogens with zero attached hydrogens (tertiary/aromatic N) is 1. The molecule has 0 saturated heterocycles. The number of rotatable bonds is 7. The molecule has 3 aromatic rings. The lowest BCUT2D eigenvalue weighted by Gasteiger charge is -2.10. The third-order valence-electron chi connectivity index (χ3n) is 3.82.